The number of fused-ring (bicyclic) bond motifs is 15. The highest BCUT2D eigenvalue weighted by atomic mass is 15.1. The third-order valence-electron chi connectivity index (χ3n) is 16.5. The first-order valence-corrected chi connectivity index (χ1v) is 26.3. The molecule has 0 fully saturated rings. The molecule has 1 aliphatic heterocycles. The van der Waals surface area contributed by atoms with Gasteiger partial charge in [-0.05, 0) is 134 Å². The van der Waals surface area contributed by atoms with E-state index in [0.29, 0.717) is 0 Å². The van der Waals surface area contributed by atoms with Crippen LogP contribution in [0.25, 0.3) is 99.5 Å². The van der Waals surface area contributed by atoms with Gasteiger partial charge in [-0.15, -0.1) is 0 Å². The minimum absolute atomic E-state index is 0.590. The summed E-state index contributed by atoms with van der Waals surface area (Å²) in [6.07, 6.45) is 0. The lowest BCUT2D eigenvalue weighted by Crippen LogP contribution is -2.33. The predicted octanol–water partition coefficient (Wildman–Crippen LogP) is 19.0. The van der Waals surface area contributed by atoms with E-state index >= 15 is 0 Å². The van der Waals surface area contributed by atoms with Crippen LogP contribution in [0.3, 0.4) is 0 Å². The van der Waals surface area contributed by atoms with Crippen molar-refractivity contribution in [3.8, 4) is 55.9 Å². The summed E-state index contributed by atoms with van der Waals surface area (Å²) in [6.45, 7) is 0. The molecule has 0 saturated heterocycles. The van der Waals surface area contributed by atoms with E-state index in [1.807, 2.05) is 0 Å². The van der Waals surface area contributed by atoms with Crippen molar-refractivity contribution in [2.45, 2.75) is 5.41 Å². The second kappa shape index (κ2) is 16.5. The van der Waals surface area contributed by atoms with Crippen molar-refractivity contribution in [2.24, 2.45) is 0 Å². The van der Waals surface area contributed by atoms with E-state index in [-0.39, 0.29) is 0 Å². The molecule has 16 rings (SSSR count). The lowest BCUT2D eigenvalue weighted by Gasteiger charge is -2.40. The van der Waals surface area contributed by atoms with Gasteiger partial charge >= 0.3 is 0 Å². The quantitative estimate of drug-likeness (QED) is 0.155. The van der Waals surface area contributed by atoms with Crippen molar-refractivity contribution < 1.29 is 0 Å². The first-order chi connectivity index (χ1) is 37.7. The predicted molar refractivity (Wildman–Crippen MR) is 317 cm³/mol. The molecule has 0 bridgehead atoms. The number of anilines is 3. The second-order valence-electron chi connectivity index (χ2n) is 20.4. The van der Waals surface area contributed by atoms with Crippen LogP contribution in [0.4, 0.5) is 17.1 Å². The standard InChI is InChI=1S/C73H47N3/c1-2-18-48(19-3-1)51-20-16-21-52(46-51)56-22-5-11-31-67(56)74(53-40-36-49(37-41-53)50-38-42-54(43-39-50)75-68-32-12-6-24-59(68)60-25-7-13-33-69(60)75)55-44-45-58-57-23-4-9-28-63(57)73(66(58)47-55)64-29-10-15-35-71(64)76-70-34-14-8-26-61(70)62-27-17-30-65(73)72(62)76/h1-47H. The number of rotatable bonds is 7. The zero-order valence-electron chi connectivity index (χ0n) is 41.5. The van der Waals surface area contributed by atoms with Crippen LogP contribution in [0.2, 0.25) is 0 Å². The smallest absolute Gasteiger partial charge is 0.0755 e. The van der Waals surface area contributed by atoms with Crippen molar-refractivity contribution in [2.75, 3.05) is 4.90 Å². The zero-order valence-corrected chi connectivity index (χ0v) is 41.5. The maximum atomic E-state index is 2.52. The molecule has 3 heteroatoms. The fraction of sp³-hybridized carbons (Fsp3) is 0.0137. The van der Waals surface area contributed by atoms with Crippen molar-refractivity contribution in [1.29, 1.82) is 0 Å². The minimum Gasteiger partial charge on any atom is -0.310 e. The summed E-state index contributed by atoms with van der Waals surface area (Å²) in [7, 11) is 0. The number of aromatic nitrogens is 2. The normalized spacial score (nSPS) is 14.1. The van der Waals surface area contributed by atoms with Crippen LogP contribution in [0.5, 0.6) is 0 Å². The molecule has 2 aromatic heterocycles. The van der Waals surface area contributed by atoms with Gasteiger partial charge < -0.3 is 14.0 Å². The molecular weight excluding hydrogens is 919 g/mol. The number of benzene rings is 12. The summed E-state index contributed by atoms with van der Waals surface area (Å²) < 4.78 is 4.91. The molecule has 0 amide bonds. The zero-order chi connectivity index (χ0) is 49.9. The van der Waals surface area contributed by atoms with Gasteiger partial charge in [0.05, 0.1) is 38.9 Å². The Morgan fingerprint density at radius 1 is 0.276 bits per heavy atom. The van der Waals surface area contributed by atoms with Gasteiger partial charge in [0.25, 0.3) is 0 Å². The van der Waals surface area contributed by atoms with Crippen LogP contribution in [-0.2, 0) is 5.41 Å². The number of nitrogens with zero attached hydrogens (tertiary/aromatic N) is 3. The maximum absolute atomic E-state index is 2.52. The van der Waals surface area contributed by atoms with Crippen LogP contribution in [0, 0.1) is 0 Å². The molecule has 3 heterocycles. The SMILES string of the molecule is c1ccc(-c2cccc(-c3ccccc3N(c3ccc(-c4ccc(-n5c6ccccc6c6ccccc65)cc4)cc3)c3ccc4c(c3)C3(c5ccccc5-4)c4ccccc4-n4c5ccccc5c5cccc3c54)c2)cc1. The maximum Gasteiger partial charge on any atom is 0.0755 e. The third kappa shape index (κ3) is 6.05. The van der Waals surface area contributed by atoms with Crippen molar-refractivity contribution in [3.05, 3.63) is 307 Å². The van der Waals surface area contributed by atoms with Crippen LogP contribution in [0.15, 0.2) is 285 Å². The molecule has 0 saturated carbocycles. The van der Waals surface area contributed by atoms with Gasteiger partial charge in [0.15, 0.2) is 0 Å². The monoisotopic (exact) mass is 965 g/mol. The van der Waals surface area contributed by atoms with Crippen LogP contribution >= 0.6 is 0 Å². The Labute approximate surface area is 441 Å². The Morgan fingerprint density at radius 2 is 0.776 bits per heavy atom. The molecular formula is C73H47N3. The largest absolute Gasteiger partial charge is 0.310 e. The average Bonchev–Trinajstić information content (AvgIpc) is 4.23. The van der Waals surface area contributed by atoms with E-state index in [4.69, 9.17) is 0 Å². The second-order valence-corrected chi connectivity index (χ2v) is 20.4. The lowest BCUT2D eigenvalue weighted by atomic mass is 9.65. The van der Waals surface area contributed by atoms with Gasteiger partial charge in [-0.1, -0.05) is 212 Å². The molecule has 1 atom stereocenters. The molecule has 0 radical (unpaired) electrons. The molecule has 2 aliphatic rings. The highest BCUT2D eigenvalue weighted by Crippen LogP contribution is 2.62. The number of hydrogen-bond donors (Lipinski definition) is 0. The minimum atomic E-state index is -0.590. The molecule has 12 aromatic carbocycles. The van der Waals surface area contributed by atoms with Crippen molar-refractivity contribution in [3.63, 3.8) is 0 Å². The average molecular weight is 966 g/mol. The fourth-order valence-corrected chi connectivity index (χ4v) is 13.3. The Kier molecular flexibility index (Phi) is 9.25. The highest BCUT2D eigenvalue weighted by Gasteiger charge is 2.51. The number of hydrogen-bond acceptors (Lipinski definition) is 1. The Hall–Kier alpha value is -9.96. The summed E-state index contributed by atoms with van der Waals surface area (Å²) in [6, 6.07) is 106. The number of para-hydroxylation sites is 6. The van der Waals surface area contributed by atoms with Crippen LogP contribution in [-0.4, -0.2) is 9.13 Å². The fourth-order valence-electron chi connectivity index (χ4n) is 13.3. The molecule has 3 nitrogen and oxygen atoms in total. The van der Waals surface area contributed by atoms with Gasteiger partial charge in [0.2, 0.25) is 0 Å². The van der Waals surface area contributed by atoms with E-state index < -0.39 is 5.41 Å². The molecule has 76 heavy (non-hydrogen) atoms. The van der Waals surface area contributed by atoms with E-state index in [0.717, 1.165) is 39.4 Å². The summed E-state index contributed by atoms with van der Waals surface area (Å²) in [5, 5.41) is 5.08. The summed E-state index contributed by atoms with van der Waals surface area (Å²) >= 11 is 0. The van der Waals surface area contributed by atoms with Gasteiger partial charge in [-0.3, -0.25) is 0 Å². The Bertz CT molecular complexity index is 4580. The van der Waals surface area contributed by atoms with Crippen molar-refractivity contribution >= 4 is 60.7 Å². The molecule has 1 spiro atoms. The first kappa shape index (κ1) is 42.5. The van der Waals surface area contributed by atoms with Gasteiger partial charge in [-0.2, -0.15) is 0 Å². The lowest BCUT2D eigenvalue weighted by molar-refractivity contribution is 0.748. The van der Waals surface area contributed by atoms with E-state index in [2.05, 4.69) is 299 Å². The van der Waals surface area contributed by atoms with Gasteiger partial charge in [0, 0.05) is 44.2 Å². The molecule has 0 N–H and O–H groups in total. The molecule has 1 unspecified atom stereocenters. The summed E-state index contributed by atoms with van der Waals surface area (Å²) in [4.78, 5) is 2.49. The van der Waals surface area contributed by atoms with Crippen LogP contribution in [0.1, 0.15) is 22.3 Å². The van der Waals surface area contributed by atoms with Gasteiger partial charge in [0.1, 0.15) is 0 Å². The summed E-state index contributed by atoms with van der Waals surface area (Å²) in [5.74, 6) is 0. The van der Waals surface area contributed by atoms with Crippen molar-refractivity contribution in [1.82, 2.24) is 9.13 Å². The molecule has 14 aromatic rings. The van der Waals surface area contributed by atoms with E-state index in [9.17, 15) is 0 Å². The molecule has 354 valence electrons. The van der Waals surface area contributed by atoms with Gasteiger partial charge in [-0.25, -0.2) is 0 Å². The van der Waals surface area contributed by atoms with Crippen LogP contribution < -0.4 is 4.90 Å². The first-order valence-electron chi connectivity index (χ1n) is 26.3. The van der Waals surface area contributed by atoms with E-state index in [1.54, 1.807) is 0 Å². The Balaban J connectivity index is 0.889. The highest BCUT2D eigenvalue weighted by molar-refractivity contribution is 6.13. The van der Waals surface area contributed by atoms with E-state index in [1.165, 1.54) is 99.4 Å². The topological polar surface area (TPSA) is 13.1 Å². The molecule has 1 aliphatic carbocycles. The third-order valence-corrected chi connectivity index (χ3v) is 16.5. The Morgan fingerprint density at radius 3 is 1.53 bits per heavy atom. The summed E-state index contributed by atoms with van der Waals surface area (Å²) in [5.41, 5.74) is 24.7.